The minimum atomic E-state index is -4.00. The molecule has 0 saturated heterocycles. The van der Waals surface area contributed by atoms with Crippen LogP contribution in [0.15, 0.2) is 39.8 Å². The van der Waals surface area contributed by atoms with E-state index in [9.17, 15) is 18.5 Å². The minimum absolute atomic E-state index is 0.0777. The maximum Gasteiger partial charge on any atom is 0.295 e. The average molecular weight is 312 g/mol. The van der Waals surface area contributed by atoms with Crippen LogP contribution in [0.5, 0.6) is 0 Å². The Morgan fingerprint density at radius 3 is 2.48 bits per heavy atom. The number of hydrogen-bond acceptors (Lipinski definition) is 6. The number of sulfonamides is 1. The molecule has 8 nitrogen and oxygen atoms in total. The van der Waals surface area contributed by atoms with Crippen molar-refractivity contribution in [3.63, 3.8) is 0 Å². The molecule has 0 aliphatic heterocycles. The van der Waals surface area contributed by atoms with E-state index in [2.05, 4.69) is 10.5 Å². The first-order valence-corrected chi connectivity index (χ1v) is 7.42. The molecule has 1 aromatic rings. The van der Waals surface area contributed by atoms with E-state index in [0.717, 1.165) is 11.6 Å². The van der Waals surface area contributed by atoms with Crippen molar-refractivity contribution >= 4 is 27.1 Å². The minimum Gasteiger partial charge on any atom is -0.271 e. The van der Waals surface area contributed by atoms with Gasteiger partial charge in [-0.05, 0) is 39.0 Å². The van der Waals surface area contributed by atoms with Crippen LogP contribution in [-0.2, 0) is 10.0 Å². The summed E-state index contributed by atoms with van der Waals surface area (Å²) in [6.07, 6.45) is 1.79. The molecule has 0 bridgehead atoms. The zero-order chi connectivity index (χ0) is 16.2. The molecule has 0 saturated carbocycles. The molecule has 21 heavy (non-hydrogen) atoms. The summed E-state index contributed by atoms with van der Waals surface area (Å²) in [6, 6.07) is 3.32. The van der Waals surface area contributed by atoms with Crippen molar-refractivity contribution < 1.29 is 13.3 Å². The zero-order valence-electron chi connectivity index (χ0n) is 11.8. The van der Waals surface area contributed by atoms with Gasteiger partial charge in [-0.1, -0.05) is 5.57 Å². The number of nitrogens with one attached hydrogen (secondary N) is 1. The summed E-state index contributed by atoms with van der Waals surface area (Å²) in [7, 11) is -4.00. The fourth-order valence-electron chi connectivity index (χ4n) is 1.53. The highest BCUT2D eigenvalue weighted by Gasteiger charge is 2.18. The van der Waals surface area contributed by atoms with Crippen LogP contribution in [0.1, 0.15) is 20.8 Å². The molecule has 0 aliphatic rings. The molecule has 0 unspecified atom stereocenters. The van der Waals surface area contributed by atoms with Crippen LogP contribution in [0.2, 0.25) is 0 Å². The van der Waals surface area contributed by atoms with Crippen molar-refractivity contribution in [2.45, 2.75) is 25.7 Å². The van der Waals surface area contributed by atoms with Gasteiger partial charge in [0.1, 0.15) is 5.69 Å². The number of nitrogens with zero attached hydrogens (tertiary/aromatic N) is 2. The van der Waals surface area contributed by atoms with E-state index in [-0.39, 0.29) is 10.6 Å². The van der Waals surface area contributed by atoms with Gasteiger partial charge in [0.2, 0.25) is 10.0 Å². The third kappa shape index (κ3) is 4.97. The normalized spacial score (nSPS) is 11.9. The van der Waals surface area contributed by atoms with Crippen LogP contribution >= 0.6 is 0 Å². The van der Waals surface area contributed by atoms with Gasteiger partial charge in [0.15, 0.2) is 0 Å². The highest BCUT2D eigenvalue weighted by molar-refractivity contribution is 7.89. The Kier molecular flexibility index (Phi) is 5.17. The SMILES string of the molecule is CC(C)=CC(C)=NNc1ccc(S(N)(=O)=O)cc1[N+](=O)[O-]. The van der Waals surface area contributed by atoms with Crippen molar-refractivity contribution in [3.8, 4) is 0 Å². The second kappa shape index (κ2) is 6.46. The smallest absolute Gasteiger partial charge is 0.271 e. The van der Waals surface area contributed by atoms with E-state index in [4.69, 9.17) is 5.14 Å². The lowest BCUT2D eigenvalue weighted by Gasteiger charge is -2.05. The summed E-state index contributed by atoms with van der Waals surface area (Å²) in [5.41, 5.74) is 3.85. The topological polar surface area (TPSA) is 128 Å². The number of hydrazone groups is 1. The Hall–Kier alpha value is -2.26. The Bertz CT molecular complexity index is 719. The Labute approximate surface area is 122 Å². The van der Waals surface area contributed by atoms with Crippen LogP contribution in [-0.4, -0.2) is 19.1 Å². The highest BCUT2D eigenvalue weighted by atomic mass is 32.2. The summed E-state index contributed by atoms with van der Waals surface area (Å²) in [4.78, 5) is 9.96. The summed E-state index contributed by atoms with van der Waals surface area (Å²) < 4.78 is 22.4. The van der Waals surface area contributed by atoms with Gasteiger partial charge >= 0.3 is 0 Å². The highest BCUT2D eigenvalue weighted by Crippen LogP contribution is 2.27. The Balaban J connectivity index is 3.20. The van der Waals surface area contributed by atoms with Gasteiger partial charge in [-0.2, -0.15) is 5.10 Å². The molecular formula is C12H16N4O4S. The number of rotatable bonds is 5. The number of hydrogen-bond donors (Lipinski definition) is 2. The number of allylic oxidation sites excluding steroid dienone is 2. The molecule has 0 fully saturated rings. The van der Waals surface area contributed by atoms with Gasteiger partial charge in [-0.3, -0.25) is 15.5 Å². The molecule has 0 aromatic heterocycles. The van der Waals surface area contributed by atoms with E-state index in [1.807, 2.05) is 13.8 Å². The first-order valence-electron chi connectivity index (χ1n) is 5.87. The van der Waals surface area contributed by atoms with E-state index >= 15 is 0 Å². The van der Waals surface area contributed by atoms with Crippen LogP contribution in [0.25, 0.3) is 0 Å². The molecule has 0 radical (unpaired) electrons. The van der Waals surface area contributed by atoms with Crippen molar-refractivity contribution in [1.29, 1.82) is 0 Å². The second-order valence-electron chi connectivity index (χ2n) is 4.57. The van der Waals surface area contributed by atoms with Gasteiger partial charge in [-0.25, -0.2) is 13.6 Å². The van der Waals surface area contributed by atoms with E-state index in [0.29, 0.717) is 5.71 Å². The maximum absolute atomic E-state index is 11.2. The predicted molar refractivity (Wildman–Crippen MR) is 80.6 cm³/mol. The van der Waals surface area contributed by atoms with Crippen molar-refractivity contribution in [2.24, 2.45) is 10.2 Å². The fraction of sp³-hybridized carbons (Fsp3) is 0.250. The third-order valence-electron chi connectivity index (χ3n) is 2.34. The number of nitro groups is 1. The number of nitrogens with two attached hydrogens (primary N) is 1. The number of primary sulfonamides is 1. The third-order valence-corrected chi connectivity index (χ3v) is 3.26. The van der Waals surface area contributed by atoms with Crippen LogP contribution in [0, 0.1) is 10.1 Å². The Morgan fingerprint density at radius 2 is 2.00 bits per heavy atom. The molecule has 0 atom stereocenters. The summed E-state index contributed by atoms with van der Waals surface area (Å²) in [5.74, 6) is 0. The van der Waals surface area contributed by atoms with E-state index in [1.54, 1.807) is 13.0 Å². The van der Waals surface area contributed by atoms with Gasteiger partial charge < -0.3 is 0 Å². The summed E-state index contributed by atoms with van der Waals surface area (Å²) in [6.45, 7) is 5.51. The zero-order valence-corrected chi connectivity index (χ0v) is 12.6. The van der Waals surface area contributed by atoms with E-state index in [1.165, 1.54) is 12.1 Å². The Morgan fingerprint density at radius 1 is 1.38 bits per heavy atom. The lowest BCUT2D eigenvalue weighted by atomic mass is 10.2. The number of benzene rings is 1. The van der Waals surface area contributed by atoms with Gasteiger partial charge in [0.25, 0.3) is 5.69 Å². The average Bonchev–Trinajstić information content (AvgIpc) is 2.34. The van der Waals surface area contributed by atoms with Gasteiger partial charge in [0, 0.05) is 6.07 Å². The monoisotopic (exact) mass is 312 g/mol. The first-order chi connectivity index (χ1) is 9.61. The molecule has 0 amide bonds. The molecule has 0 heterocycles. The van der Waals surface area contributed by atoms with E-state index < -0.39 is 20.6 Å². The molecule has 9 heteroatoms. The predicted octanol–water partition coefficient (Wildman–Crippen LogP) is 2.00. The lowest BCUT2D eigenvalue weighted by molar-refractivity contribution is -0.384. The molecule has 0 aliphatic carbocycles. The van der Waals surface area contributed by atoms with Gasteiger partial charge in [0.05, 0.1) is 15.5 Å². The maximum atomic E-state index is 11.2. The van der Waals surface area contributed by atoms with Crippen molar-refractivity contribution in [1.82, 2.24) is 0 Å². The van der Waals surface area contributed by atoms with Gasteiger partial charge in [-0.15, -0.1) is 0 Å². The standard InChI is InChI=1S/C12H16N4O4S/c1-8(2)6-9(3)14-15-11-5-4-10(21(13,19)20)7-12(11)16(17)18/h4-7,15H,1-3H3,(H2,13,19,20). The molecule has 114 valence electrons. The molecule has 3 N–H and O–H groups in total. The summed E-state index contributed by atoms with van der Waals surface area (Å²) >= 11 is 0. The van der Waals surface area contributed by atoms with Crippen molar-refractivity contribution in [3.05, 3.63) is 40.0 Å². The number of anilines is 1. The first kappa shape index (κ1) is 16.8. The van der Waals surface area contributed by atoms with Crippen molar-refractivity contribution in [2.75, 3.05) is 5.43 Å². The quantitative estimate of drug-likeness (QED) is 0.488. The molecular weight excluding hydrogens is 296 g/mol. The van der Waals surface area contributed by atoms with Crippen LogP contribution < -0.4 is 10.6 Å². The molecule has 0 spiro atoms. The number of nitro benzene ring substituents is 1. The lowest BCUT2D eigenvalue weighted by Crippen LogP contribution is -2.12. The fourth-order valence-corrected chi connectivity index (χ4v) is 2.07. The largest absolute Gasteiger partial charge is 0.295 e. The molecule has 1 rings (SSSR count). The second-order valence-corrected chi connectivity index (χ2v) is 6.13. The summed E-state index contributed by atoms with van der Waals surface area (Å²) in [5, 5.41) is 19.9. The van der Waals surface area contributed by atoms with Crippen LogP contribution in [0.4, 0.5) is 11.4 Å². The van der Waals surface area contributed by atoms with Crippen LogP contribution in [0.3, 0.4) is 0 Å². The molecule has 1 aromatic carbocycles.